The quantitative estimate of drug-likeness (QED) is 0.596. The fourth-order valence-electron chi connectivity index (χ4n) is 3.00. The Bertz CT molecular complexity index is 460. The Kier molecular flexibility index (Phi) is 7.87. The summed E-state index contributed by atoms with van der Waals surface area (Å²) in [5.74, 6) is 1.62. The minimum atomic E-state index is 0.690. The summed E-state index contributed by atoms with van der Waals surface area (Å²) in [6, 6.07) is 6.05. The highest BCUT2D eigenvalue weighted by Crippen LogP contribution is 2.16. The van der Waals surface area contributed by atoms with E-state index < -0.39 is 0 Å². The molecule has 0 aromatic carbocycles. The van der Waals surface area contributed by atoms with Gasteiger partial charge in [-0.2, -0.15) is 0 Å². The normalized spacial score (nSPS) is 19.6. The van der Waals surface area contributed by atoms with Gasteiger partial charge in [-0.25, -0.2) is 0 Å². The molecule has 5 heteroatoms. The average molecular weight is 317 g/mol. The second-order valence-corrected chi connectivity index (χ2v) is 6.12. The van der Waals surface area contributed by atoms with Crippen molar-refractivity contribution in [3.63, 3.8) is 0 Å². The van der Waals surface area contributed by atoms with E-state index in [0.29, 0.717) is 5.92 Å². The van der Waals surface area contributed by atoms with E-state index in [1.807, 2.05) is 18.3 Å². The van der Waals surface area contributed by atoms with E-state index in [1.54, 1.807) is 0 Å². The minimum absolute atomic E-state index is 0.690. The first kappa shape index (κ1) is 17.7. The molecule has 0 saturated carbocycles. The monoisotopic (exact) mass is 317 g/mol. The van der Waals surface area contributed by atoms with Gasteiger partial charge in [0, 0.05) is 44.5 Å². The summed E-state index contributed by atoms with van der Waals surface area (Å²) >= 11 is 0. The van der Waals surface area contributed by atoms with Crippen LogP contribution in [-0.4, -0.2) is 55.1 Å². The zero-order valence-corrected chi connectivity index (χ0v) is 14.6. The van der Waals surface area contributed by atoms with E-state index in [9.17, 15) is 0 Å². The Labute approximate surface area is 140 Å². The number of aliphatic imine (C=N–C) groups is 1. The van der Waals surface area contributed by atoms with E-state index in [4.69, 9.17) is 4.99 Å². The van der Waals surface area contributed by atoms with Crippen LogP contribution in [0, 0.1) is 5.92 Å². The molecule has 1 aromatic heterocycles. The number of nitrogens with zero attached hydrogens (tertiary/aromatic N) is 3. The van der Waals surface area contributed by atoms with Gasteiger partial charge in [0.25, 0.3) is 0 Å². The predicted molar refractivity (Wildman–Crippen MR) is 96.8 cm³/mol. The molecule has 1 atom stereocenters. The van der Waals surface area contributed by atoms with Crippen LogP contribution in [0.3, 0.4) is 0 Å². The number of guanidine groups is 1. The summed E-state index contributed by atoms with van der Waals surface area (Å²) in [6.45, 7) is 10.6. The first-order valence-electron chi connectivity index (χ1n) is 8.96. The van der Waals surface area contributed by atoms with Crippen LogP contribution in [-0.2, 0) is 6.42 Å². The van der Waals surface area contributed by atoms with Crippen LogP contribution < -0.4 is 10.6 Å². The summed E-state index contributed by atoms with van der Waals surface area (Å²) in [7, 11) is 0. The Balaban J connectivity index is 1.77. The van der Waals surface area contributed by atoms with E-state index in [-0.39, 0.29) is 0 Å². The first-order valence-corrected chi connectivity index (χ1v) is 8.96. The highest BCUT2D eigenvalue weighted by atomic mass is 15.2. The third-order valence-electron chi connectivity index (χ3n) is 4.30. The molecule has 1 unspecified atom stereocenters. The lowest BCUT2D eigenvalue weighted by atomic mass is 9.98. The lowest BCUT2D eigenvalue weighted by molar-refractivity contribution is 0.186. The molecular weight excluding hydrogens is 286 g/mol. The van der Waals surface area contributed by atoms with Gasteiger partial charge in [0.05, 0.1) is 0 Å². The fourth-order valence-corrected chi connectivity index (χ4v) is 3.00. The van der Waals surface area contributed by atoms with Crippen molar-refractivity contribution in [1.29, 1.82) is 0 Å². The molecule has 23 heavy (non-hydrogen) atoms. The summed E-state index contributed by atoms with van der Waals surface area (Å²) in [5.41, 5.74) is 1.11. The summed E-state index contributed by atoms with van der Waals surface area (Å²) < 4.78 is 0. The average Bonchev–Trinajstić information content (AvgIpc) is 2.61. The van der Waals surface area contributed by atoms with Crippen molar-refractivity contribution in [3.8, 4) is 0 Å². The third kappa shape index (κ3) is 6.57. The Morgan fingerprint density at radius 3 is 3.00 bits per heavy atom. The van der Waals surface area contributed by atoms with Crippen molar-refractivity contribution in [2.24, 2.45) is 10.9 Å². The van der Waals surface area contributed by atoms with Gasteiger partial charge in [-0.1, -0.05) is 13.0 Å². The number of pyridine rings is 1. The van der Waals surface area contributed by atoms with Crippen molar-refractivity contribution in [1.82, 2.24) is 20.5 Å². The van der Waals surface area contributed by atoms with E-state index in [2.05, 4.69) is 40.4 Å². The molecule has 2 rings (SSSR count). The van der Waals surface area contributed by atoms with Gasteiger partial charge in [-0.05, 0) is 50.9 Å². The number of piperidine rings is 1. The molecule has 2 heterocycles. The minimum Gasteiger partial charge on any atom is -0.357 e. The molecule has 0 radical (unpaired) electrons. The maximum atomic E-state index is 4.78. The van der Waals surface area contributed by atoms with Crippen LogP contribution in [0.25, 0.3) is 0 Å². The predicted octanol–water partition coefficient (Wildman–Crippen LogP) is 1.91. The molecule has 1 fully saturated rings. The van der Waals surface area contributed by atoms with Gasteiger partial charge in [-0.15, -0.1) is 0 Å². The molecule has 1 saturated heterocycles. The molecule has 5 nitrogen and oxygen atoms in total. The number of likely N-dealkylation sites (tertiary alicyclic amines) is 1. The summed E-state index contributed by atoms with van der Waals surface area (Å²) in [4.78, 5) is 11.7. The largest absolute Gasteiger partial charge is 0.357 e. The maximum Gasteiger partial charge on any atom is 0.191 e. The molecule has 2 N–H and O–H groups in total. The van der Waals surface area contributed by atoms with Gasteiger partial charge in [-0.3, -0.25) is 9.98 Å². The molecule has 128 valence electrons. The lowest BCUT2D eigenvalue weighted by Gasteiger charge is -2.31. The molecule has 0 aliphatic carbocycles. The van der Waals surface area contributed by atoms with E-state index in [0.717, 1.165) is 44.3 Å². The van der Waals surface area contributed by atoms with E-state index >= 15 is 0 Å². The Morgan fingerprint density at radius 1 is 1.35 bits per heavy atom. The van der Waals surface area contributed by atoms with Crippen molar-refractivity contribution in [2.45, 2.75) is 33.1 Å². The van der Waals surface area contributed by atoms with Crippen molar-refractivity contribution < 1.29 is 0 Å². The molecule has 1 aromatic rings. The van der Waals surface area contributed by atoms with E-state index in [1.165, 1.54) is 25.9 Å². The molecular formula is C18H31N5. The lowest BCUT2D eigenvalue weighted by Crippen LogP contribution is -2.40. The van der Waals surface area contributed by atoms with Crippen LogP contribution in [0.4, 0.5) is 0 Å². The Hall–Kier alpha value is -1.62. The number of hydrogen-bond acceptors (Lipinski definition) is 3. The van der Waals surface area contributed by atoms with Gasteiger partial charge < -0.3 is 15.5 Å². The van der Waals surface area contributed by atoms with Crippen LogP contribution in [0.1, 0.15) is 32.4 Å². The number of nitrogens with one attached hydrogen (secondary N) is 2. The number of aromatic nitrogens is 1. The SMILES string of the molecule is CCNC(=NCC1CCCN(CC)C1)NCCc1ccccn1. The van der Waals surface area contributed by atoms with Crippen LogP contribution >= 0.6 is 0 Å². The molecule has 1 aliphatic heterocycles. The molecule has 0 bridgehead atoms. The summed E-state index contributed by atoms with van der Waals surface area (Å²) in [6.07, 6.45) is 5.36. The zero-order valence-electron chi connectivity index (χ0n) is 14.6. The second-order valence-electron chi connectivity index (χ2n) is 6.12. The molecule has 0 amide bonds. The van der Waals surface area contributed by atoms with Gasteiger partial charge >= 0.3 is 0 Å². The third-order valence-corrected chi connectivity index (χ3v) is 4.30. The maximum absolute atomic E-state index is 4.78. The standard InChI is InChI=1S/C18H31N5/c1-3-19-18(21-12-10-17-9-5-6-11-20-17)22-14-16-8-7-13-23(4-2)15-16/h5-6,9,11,16H,3-4,7-8,10,12-15H2,1-2H3,(H2,19,21,22). The van der Waals surface area contributed by atoms with Crippen molar-refractivity contribution in [2.75, 3.05) is 39.3 Å². The second kappa shape index (κ2) is 10.2. The van der Waals surface area contributed by atoms with Crippen LogP contribution in [0.15, 0.2) is 29.4 Å². The summed E-state index contributed by atoms with van der Waals surface area (Å²) in [5, 5.41) is 6.76. The Morgan fingerprint density at radius 2 is 2.26 bits per heavy atom. The molecule has 0 spiro atoms. The highest BCUT2D eigenvalue weighted by Gasteiger charge is 2.18. The highest BCUT2D eigenvalue weighted by molar-refractivity contribution is 5.79. The van der Waals surface area contributed by atoms with Gasteiger partial charge in [0.15, 0.2) is 5.96 Å². The van der Waals surface area contributed by atoms with Gasteiger partial charge in [0.2, 0.25) is 0 Å². The molecule has 1 aliphatic rings. The smallest absolute Gasteiger partial charge is 0.191 e. The van der Waals surface area contributed by atoms with Crippen LogP contribution in [0.2, 0.25) is 0 Å². The fraction of sp³-hybridized carbons (Fsp3) is 0.667. The first-order chi connectivity index (χ1) is 11.3. The zero-order chi connectivity index (χ0) is 16.3. The number of rotatable bonds is 7. The topological polar surface area (TPSA) is 52.6 Å². The number of hydrogen-bond donors (Lipinski definition) is 2. The van der Waals surface area contributed by atoms with Crippen LogP contribution in [0.5, 0.6) is 0 Å². The van der Waals surface area contributed by atoms with Gasteiger partial charge in [0.1, 0.15) is 0 Å². The van der Waals surface area contributed by atoms with Crippen molar-refractivity contribution >= 4 is 5.96 Å². The van der Waals surface area contributed by atoms with Crippen molar-refractivity contribution in [3.05, 3.63) is 30.1 Å².